The zero-order chi connectivity index (χ0) is 10.4. The number of alkyl halides is 2. The van der Waals surface area contributed by atoms with Crippen molar-refractivity contribution in [2.75, 3.05) is 13.2 Å². The molecule has 0 fully saturated rings. The summed E-state index contributed by atoms with van der Waals surface area (Å²) < 4.78 is 25.1. The van der Waals surface area contributed by atoms with Gasteiger partial charge in [-0.3, -0.25) is 4.68 Å². The Labute approximate surface area is 80.5 Å². The van der Waals surface area contributed by atoms with E-state index in [0.717, 1.165) is 5.56 Å². The van der Waals surface area contributed by atoms with Crippen molar-refractivity contribution < 1.29 is 13.9 Å². The number of nitrogens with one attached hydrogen (secondary N) is 1. The van der Waals surface area contributed by atoms with Crippen LogP contribution in [0.2, 0.25) is 0 Å². The summed E-state index contributed by atoms with van der Waals surface area (Å²) in [6.07, 6.45) is 0.719. The van der Waals surface area contributed by atoms with Crippen LogP contribution in [0.4, 0.5) is 8.78 Å². The Hall–Kier alpha value is -1.01. The smallest absolute Gasteiger partial charge is 0.257 e. The Bertz CT molecular complexity index is 265. The Morgan fingerprint density at radius 1 is 1.57 bits per heavy atom. The third kappa shape index (κ3) is 3.80. The summed E-state index contributed by atoms with van der Waals surface area (Å²) in [4.78, 5) is 0. The molecule has 0 aliphatic heterocycles. The standard InChI is InChI=1S/C8H13F2N3O/c9-8(10)6-13-5-7(4-12-13)3-11-1-2-14/h4-5,8,11,14H,1-3,6H2. The maximum atomic E-state index is 11.9. The molecule has 0 atom stereocenters. The van der Waals surface area contributed by atoms with Gasteiger partial charge < -0.3 is 10.4 Å². The van der Waals surface area contributed by atoms with Crippen LogP contribution in [0, 0.1) is 0 Å². The third-order valence-corrected chi connectivity index (χ3v) is 1.63. The Morgan fingerprint density at radius 3 is 3.00 bits per heavy atom. The molecule has 0 saturated carbocycles. The van der Waals surface area contributed by atoms with Crippen molar-refractivity contribution in [1.29, 1.82) is 0 Å². The predicted molar refractivity (Wildman–Crippen MR) is 47.0 cm³/mol. The van der Waals surface area contributed by atoms with Crippen LogP contribution in [0.5, 0.6) is 0 Å². The zero-order valence-electron chi connectivity index (χ0n) is 7.66. The molecule has 14 heavy (non-hydrogen) atoms. The second-order valence-electron chi connectivity index (χ2n) is 2.86. The number of aliphatic hydroxyl groups is 1. The summed E-state index contributed by atoms with van der Waals surface area (Å²) in [5, 5.41) is 15.2. The Balaban J connectivity index is 2.35. The summed E-state index contributed by atoms with van der Waals surface area (Å²) in [5.74, 6) is 0. The van der Waals surface area contributed by atoms with E-state index in [1.54, 1.807) is 6.20 Å². The van der Waals surface area contributed by atoms with Gasteiger partial charge in [-0.15, -0.1) is 0 Å². The van der Waals surface area contributed by atoms with Gasteiger partial charge in [0.15, 0.2) is 0 Å². The Morgan fingerprint density at radius 2 is 2.36 bits per heavy atom. The lowest BCUT2D eigenvalue weighted by Gasteiger charge is -1.99. The van der Waals surface area contributed by atoms with Gasteiger partial charge >= 0.3 is 0 Å². The van der Waals surface area contributed by atoms with Crippen LogP contribution in [0.25, 0.3) is 0 Å². The zero-order valence-corrected chi connectivity index (χ0v) is 7.66. The van der Waals surface area contributed by atoms with Crippen molar-refractivity contribution in [2.24, 2.45) is 0 Å². The van der Waals surface area contributed by atoms with E-state index in [1.165, 1.54) is 10.9 Å². The topological polar surface area (TPSA) is 50.1 Å². The quantitative estimate of drug-likeness (QED) is 0.654. The first-order valence-corrected chi connectivity index (χ1v) is 4.33. The molecule has 0 radical (unpaired) electrons. The molecule has 6 heteroatoms. The SMILES string of the molecule is OCCNCc1cnn(CC(F)F)c1. The minimum Gasteiger partial charge on any atom is -0.395 e. The molecule has 0 aliphatic rings. The van der Waals surface area contributed by atoms with E-state index in [-0.39, 0.29) is 13.2 Å². The molecule has 0 unspecified atom stereocenters. The molecule has 0 aliphatic carbocycles. The van der Waals surface area contributed by atoms with Crippen LogP contribution < -0.4 is 5.32 Å². The number of rotatable bonds is 6. The molecule has 1 aromatic heterocycles. The van der Waals surface area contributed by atoms with Gasteiger partial charge in [0.1, 0.15) is 6.54 Å². The van der Waals surface area contributed by atoms with Gasteiger partial charge in [-0.2, -0.15) is 5.10 Å². The monoisotopic (exact) mass is 205 g/mol. The van der Waals surface area contributed by atoms with Crippen LogP contribution in [0.15, 0.2) is 12.4 Å². The van der Waals surface area contributed by atoms with Crippen molar-refractivity contribution >= 4 is 0 Å². The van der Waals surface area contributed by atoms with Crippen molar-refractivity contribution in [3.05, 3.63) is 18.0 Å². The molecule has 1 heterocycles. The average molecular weight is 205 g/mol. The molecule has 0 spiro atoms. The van der Waals surface area contributed by atoms with Crippen molar-refractivity contribution in [3.63, 3.8) is 0 Å². The number of hydrogen-bond acceptors (Lipinski definition) is 3. The summed E-state index contributed by atoms with van der Waals surface area (Å²) in [7, 11) is 0. The second kappa shape index (κ2) is 5.66. The number of nitrogens with zero attached hydrogens (tertiary/aromatic N) is 2. The van der Waals surface area contributed by atoms with E-state index >= 15 is 0 Å². The third-order valence-electron chi connectivity index (χ3n) is 1.63. The molecule has 1 aromatic rings. The molecule has 0 aromatic carbocycles. The fourth-order valence-electron chi connectivity index (χ4n) is 1.05. The van der Waals surface area contributed by atoms with Crippen LogP contribution in [0.1, 0.15) is 5.56 Å². The highest BCUT2D eigenvalue weighted by atomic mass is 19.3. The van der Waals surface area contributed by atoms with E-state index in [2.05, 4.69) is 10.4 Å². The van der Waals surface area contributed by atoms with Gasteiger partial charge in [-0.25, -0.2) is 8.78 Å². The lowest BCUT2D eigenvalue weighted by molar-refractivity contribution is 0.122. The molecule has 80 valence electrons. The van der Waals surface area contributed by atoms with Gasteiger partial charge in [-0.1, -0.05) is 0 Å². The van der Waals surface area contributed by atoms with E-state index in [9.17, 15) is 8.78 Å². The van der Waals surface area contributed by atoms with Crippen molar-refractivity contribution in [1.82, 2.24) is 15.1 Å². The number of aromatic nitrogens is 2. The highest BCUT2D eigenvalue weighted by molar-refractivity contribution is 5.03. The highest BCUT2D eigenvalue weighted by Crippen LogP contribution is 2.01. The van der Waals surface area contributed by atoms with Gasteiger partial charge in [0.25, 0.3) is 6.43 Å². The molecule has 0 saturated heterocycles. The van der Waals surface area contributed by atoms with Gasteiger partial charge in [-0.05, 0) is 0 Å². The normalized spacial score (nSPS) is 11.1. The predicted octanol–water partition coefficient (Wildman–Crippen LogP) is 0.230. The van der Waals surface area contributed by atoms with Crippen LogP contribution in [-0.2, 0) is 13.1 Å². The molecule has 4 nitrogen and oxygen atoms in total. The van der Waals surface area contributed by atoms with Crippen LogP contribution in [-0.4, -0.2) is 34.5 Å². The van der Waals surface area contributed by atoms with E-state index < -0.39 is 6.43 Å². The molecule has 1 rings (SSSR count). The maximum Gasteiger partial charge on any atom is 0.257 e. The summed E-state index contributed by atoms with van der Waals surface area (Å²) in [6.45, 7) is 0.703. The number of halogens is 2. The van der Waals surface area contributed by atoms with E-state index in [4.69, 9.17) is 5.11 Å². The molecule has 0 amide bonds. The summed E-state index contributed by atoms with van der Waals surface area (Å²) in [5.41, 5.74) is 0.833. The first-order chi connectivity index (χ1) is 6.72. The Kier molecular flexibility index (Phi) is 4.48. The van der Waals surface area contributed by atoms with E-state index in [0.29, 0.717) is 13.1 Å². The fourth-order valence-corrected chi connectivity index (χ4v) is 1.05. The molecule has 2 N–H and O–H groups in total. The van der Waals surface area contributed by atoms with Crippen molar-refractivity contribution in [3.8, 4) is 0 Å². The van der Waals surface area contributed by atoms with Gasteiger partial charge in [0.05, 0.1) is 12.8 Å². The average Bonchev–Trinajstić information content (AvgIpc) is 2.52. The van der Waals surface area contributed by atoms with Gasteiger partial charge in [0, 0.05) is 24.8 Å². The number of hydrogen-bond donors (Lipinski definition) is 2. The first-order valence-electron chi connectivity index (χ1n) is 4.33. The minimum atomic E-state index is -2.38. The van der Waals surface area contributed by atoms with Crippen LogP contribution >= 0.6 is 0 Å². The van der Waals surface area contributed by atoms with Gasteiger partial charge in [0.2, 0.25) is 0 Å². The summed E-state index contributed by atoms with van der Waals surface area (Å²) in [6, 6.07) is 0. The fraction of sp³-hybridized carbons (Fsp3) is 0.625. The molecule has 0 bridgehead atoms. The lowest BCUT2D eigenvalue weighted by atomic mass is 10.3. The second-order valence-corrected chi connectivity index (χ2v) is 2.86. The number of aliphatic hydroxyl groups excluding tert-OH is 1. The highest BCUT2D eigenvalue weighted by Gasteiger charge is 2.05. The molecular formula is C8H13F2N3O. The van der Waals surface area contributed by atoms with Crippen molar-refractivity contribution in [2.45, 2.75) is 19.5 Å². The van der Waals surface area contributed by atoms with E-state index in [1.807, 2.05) is 0 Å². The molecular weight excluding hydrogens is 192 g/mol. The first kappa shape index (κ1) is 11.1. The summed E-state index contributed by atoms with van der Waals surface area (Å²) >= 11 is 0. The lowest BCUT2D eigenvalue weighted by Crippen LogP contribution is -2.17. The maximum absolute atomic E-state index is 11.9. The largest absolute Gasteiger partial charge is 0.395 e. The minimum absolute atomic E-state index is 0.0607. The van der Waals surface area contributed by atoms with Crippen LogP contribution in [0.3, 0.4) is 0 Å².